The summed E-state index contributed by atoms with van der Waals surface area (Å²) in [5, 5.41) is 27.2. The summed E-state index contributed by atoms with van der Waals surface area (Å²) < 4.78 is 29.5. The summed E-state index contributed by atoms with van der Waals surface area (Å²) in [7, 11) is 0. The second-order valence-corrected chi connectivity index (χ2v) is 8.97. The minimum Gasteiger partial charge on any atom is -0.397 e. The van der Waals surface area contributed by atoms with Crippen molar-refractivity contribution in [1.82, 2.24) is 20.1 Å². The third kappa shape index (κ3) is 4.89. The van der Waals surface area contributed by atoms with Crippen molar-refractivity contribution in [2.75, 3.05) is 5.73 Å². The van der Waals surface area contributed by atoms with Crippen LogP contribution in [0.2, 0.25) is 0 Å². The molecule has 4 rings (SSSR count). The first-order chi connectivity index (χ1) is 16.7. The smallest absolute Gasteiger partial charge is 0.263 e. The van der Waals surface area contributed by atoms with E-state index in [1.807, 2.05) is 6.07 Å². The van der Waals surface area contributed by atoms with Crippen LogP contribution in [-0.4, -0.2) is 31.8 Å². The molecule has 178 valence electrons. The van der Waals surface area contributed by atoms with Crippen molar-refractivity contribution >= 4 is 22.9 Å². The van der Waals surface area contributed by atoms with Gasteiger partial charge in [0.05, 0.1) is 29.9 Å². The van der Waals surface area contributed by atoms with Crippen molar-refractivity contribution in [3.05, 3.63) is 88.8 Å². The number of carbonyl (C=O) groups excluding carboxylic acids is 1. The van der Waals surface area contributed by atoms with E-state index in [9.17, 15) is 18.7 Å². The van der Waals surface area contributed by atoms with Crippen molar-refractivity contribution in [3.63, 3.8) is 0 Å². The maximum Gasteiger partial charge on any atom is 0.263 e. The average molecular weight is 495 g/mol. The molecule has 0 aliphatic rings. The van der Waals surface area contributed by atoms with Crippen LogP contribution in [0.5, 0.6) is 0 Å². The predicted octanol–water partition coefficient (Wildman–Crippen LogP) is 3.44. The van der Waals surface area contributed by atoms with E-state index in [2.05, 4.69) is 15.4 Å². The van der Waals surface area contributed by atoms with Crippen LogP contribution in [-0.2, 0) is 12.1 Å². The van der Waals surface area contributed by atoms with E-state index in [0.717, 1.165) is 29.0 Å². The Kier molecular flexibility index (Phi) is 6.59. The Morgan fingerprint density at radius 3 is 2.66 bits per heavy atom. The molecule has 1 amide bonds. The lowest BCUT2D eigenvalue weighted by atomic mass is 9.86. The van der Waals surface area contributed by atoms with E-state index in [-0.39, 0.29) is 22.7 Å². The number of hydrogen-bond donors (Lipinski definition) is 3. The third-order valence-electron chi connectivity index (χ3n) is 5.60. The molecule has 0 unspecified atom stereocenters. The Morgan fingerprint density at radius 1 is 1.29 bits per heavy atom. The number of nitrogen functional groups attached to an aromatic ring is 1. The molecule has 2 aromatic heterocycles. The molecule has 2 atom stereocenters. The van der Waals surface area contributed by atoms with Gasteiger partial charge in [0.15, 0.2) is 0 Å². The number of nitrogens with zero attached hydrogens (tertiary/aromatic N) is 4. The number of aromatic nitrogens is 3. The van der Waals surface area contributed by atoms with Crippen molar-refractivity contribution < 1.29 is 18.7 Å². The van der Waals surface area contributed by atoms with Gasteiger partial charge in [-0.05, 0) is 36.8 Å². The minimum absolute atomic E-state index is 0.207. The van der Waals surface area contributed by atoms with E-state index >= 15 is 0 Å². The van der Waals surface area contributed by atoms with Crippen LogP contribution in [0.1, 0.15) is 27.7 Å². The maximum absolute atomic E-state index is 14.7. The lowest BCUT2D eigenvalue weighted by Gasteiger charge is -2.35. The number of nitriles is 1. The minimum atomic E-state index is -2.00. The molecular formula is C24H20F2N6O2S. The summed E-state index contributed by atoms with van der Waals surface area (Å²) in [5.41, 5.74) is 5.40. The molecule has 35 heavy (non-hydrogen) atoms. The van der Waals surface area contributed by atoms with Crippen LogP contribution in [0.3, 0.4) is 0 Å². The number of thiophene rings is 1. The van der Waals surface area contributed by atoms with Gasteiger partial charge < -0.3 is 16.2 Å². The second-order valence-electron chi connectivity index (χ2n) is 7.92. The van der Waals surface area contributed by atoms with Gasteiger partial charge in [-0.3, -0.25) is 4.79 Å². The van der Waals surface area contributed by atoms with E-state index in [4.69, 9.17) is 11.0 Å². The number of halogens is 2. The molecule has 0 bridgehead atoms. The van der Waals surface area contributed by atoms with E-state index in [1.165, 1.54) is 24.3 Å². The molecule has 0 spiro atoms. The Bertz CT molecular complexity index is 1400. The number of carbonyl (C=O) groups is 1. The van der Waals surface area contributed by atoms with Crippen LogP contribution >= 0.6 is 11.3 Å². The molecule has 0 saturated heterocycles. The molecule has 2 heterocycles. The van der Waals surface area contributed by atoms with Crippen LogP contribution in [0.25, 0.3) is 10.4 Å². The lowest BCUT2D eigenvalue weighted by Crippen LogP contribution is -2.51. The zero-order valence-electron chi connectivity index (χ0n) is 18.4. The van der Waals surface area contributed by atoms with Crippen molar-refractivity contribution in [2.45, 2.75) is 25.1 Å². The van der Waals surface area contributed by atoms with E-state index in [0.29, 0.717) is 16.5 Å². The first kappa shape index (κ1) is 24.0. The standard InChI is InChI=1S/C24H20F2N6O2S/c1-14(24(34,11-32-13-29-12-30-32)18-7-6-17(25)8-19(18)26)31-23(33)22-20(28)9-21(35-22)16-4-2-15(10-27)3-5-16/h2-9,12-14,34H,11,28H2,1H3,(H,31,33)/t14-,24-/m1/s1. The van der Waals surface area contributed by atoms with Gasteiger partial charge in [0.2, 0.25) is 0 Å². The van der Waals surface area contributed by atoms with E-state index < -0.39 is 29.2 Å². The Balaban J connectivity index is 1.62. The molecule has 0 saturated carbocycles. The third-order valence-corrected chi connectivity index (χ3v) is 6.80. The molecule has 11 heteroatoms. The fourth-order valence-electron chi connectivity index (χ4n) is 3.67. The highest BCUT2D eigenvalue weighted by atomic mass is 32.1. The summed E-state index contributed by atoms with van der Waals surface area (Å²) in [6, 6.07) is 12.3. The quantitative estimate of drug-likeness (QED) is 0.361. The van der Waals surface area contributed by atoms with Crippen molar-refractivity contribution in [2.24, 2.45) is 0 Å². The van der Waals surface area contributed by atoms with Crippen LogP contribution < -0.4 is 11.1 Å². The van der Waals surface area contributed by atoms with Crippen LogP contribution in [0.15, 0.2) is 61.2 Å². The molecule has 2 aromatic carbocycles. The van der Waals surface area contributed by atoms with E-state index in [1.54, 1.807) is 30.3 Å². The van der Waals surface area contributed by atoms with Gasteiger partial charge in [0.25, 0.3) is 5.91 Å². The number of benzene rings is 2. The number of nitrogens with two attached hydrogens (primary N) is 1. The monoisotopic (exact) mass is 494 g/mol. The van der Waals surface area contributed by atoms with Crippen LogP contribution in [0.4, 0.5) is 14.5 Å². The first-order valence-corrected chi connectivity index (χ1v) is 11.2. The zero-order chi connectivity index (χ0) is 25.2. The van der Waals surface area contributed by atoms with Gasteiger partial charge in [-0.1, -0.05) is 18.2 Å². The highest BCUT2D eigenvalue weighted by Crippen LogP contribution is 2.35. The SMILES string of the molecule is C[C@@H](NC(=O)c1sc(-c2ccc(C#N)cc2)cc1N)[C@](O)(Cn1cncn1)c1ccc(F)cc1F. The van der Waals surface area contributed by atoms with Crippen molar-refractivity contribution in [1.29, 1.82) is 5.26 Å². The van der Waals surface area contributed by atoms with Crippen molar-refractivity contribution in [3.8, 4) is 16.5 Å². The average Bonchev–Trinajstić information content (AvgIpc) is 3.48. The number of aliphatic hydroxyl groups is 1. The molecule has 0 aliphatic heterocycles. The highest BCUT2D eigenvalue weighted by molar-refractivity contribution is 7.18. The normalized spacial score (nSPS) is 13.6. The summed E-state index contributed by atoms with van der Waals surface area (Å²) in [4.78, 5) is 17.9. The molecule has 0 aliphatic carbocycles. The molecular weight excluding hydrogens is 474 g/mol. The maximum atomic E-state index is 14.7. The predicted molar refractivity (Wildman–Crippen MR) is 126 cm³/mol. The molecule has 8 nitrogen and oxygen atoms in total. The Hall–Kier alpha value is -4.14. The molecule has 4 N–H and O–H groups in total. The van der Waals surface area contributed by atoms with Gasteiger partial charge in [0.1, 0.15) is 34.8 Å². The lowest BCUT2D eigenvalue weighted by molar-refractivity contribution is -0.0185. The molecule has 0 fully saturated rings. The van der Waals surface area contributed by atoms with Gasteiger partial charge in [-0.2, -0.15) is 10.4 Å². The summed E-state index contributed by atoms with van der Waals surface area (Å²) in [5.74, 6) is -2.33. The second kappa shape index (κ2) is 9.61. The fourth-order valence-corrected chi connectivity index (χ4v) is 4.66. The number of amides is 1. The first-order valence-electron chi connectivity index (χ1n) is 10.4. The van der Waals surface area contributed by atoms with Gasteiger partial charge in [0, 0.05) is 16.5 Å². The van der Waals surface area contributed by atoms with Gasteiger partial charge >= 0.3 is 0 Å². The number of anilines is 1. The largest absolute Gasteiger partial charge is 0.397 e. The number of rotatable bonds is 7. The summed E-state index contributed by atoms with van der Waals surface area (Å²) in [6.07, 6.45) is 2.59. The molecule has 4 aromatic rings. The molecule has 0 radical (unpaired) electrons. The summed E-state index contributed by atoms with van der Waals surface area (Å²) >= 11 is 1.14. The Morgan fingerprint density at radius 2 is 2.03 bits per heavy atom. The highest BCUT2D eigenvalue weighted by Gasteiger charge is 2.40. The number of nitrogens with one attached hydrogen (secondary N) is 1. The number of hydrogen-bond acceptors (Lipinski definition) is 7. The van der Waals surface area contributed by atoms with Gasteiger partial charge in [-0.15, -0.1) is 11.3 Å². The zero-order valence-corrected chi connectivity index (χ0v) is 19.3. The topological polar surface area (TPSA) is 130 Å². The van der Waals surface area contributed by atoms with Gasteiger partial charge in [-0.25, -0.2) is 18.4 Å². The van der Waals surface area contributed by atoms with Crippen LogP contribution in [0, 0.1) is 23.0 Å². The Labute approximate surface area is 203 Å². The summed E-state index contributed by atoms with van der Waals surface area (Å²) in [6.45, 7) is 1.25. The fraction of sp³-hybridized carbons (Fsp3) is 0.167.